The maximum atomic E-state index is 10.3. The minimum Gasteiger partial charge on any atom is -0.386 e. The Bertz CT molecular complexity index is 415. The fraction of sp³-hybridized carbons (Fsp3) is 0.500. The summed E-state index contributed by atoms with van der Waals surface area (Å²) in [5.41, 5.74) is -0.788. The number of rotatable bonds is 2. The Morgan fingerprint density at radius 1 is 1.62 bits per heavy atom. The van der Waals surface area contributed by atoms with Crippen LogP contribution in [0.1, 0.15) is 17.4 Å². The third-order valence-electron chi connectivity index (χ3n) is 2.73. The Hall–Kier alpha value is 0.0700. The summed E-state index contributed by atoms with van der Waals surface area (Å²) >= 11 is 8.19. The van der Waals surface area contributed by atoms with Crippen LogP contribution in [-0.2, 0) is 4.74 Å². The smallest absolute Gasteiger partial charge is 0.113 e. The van der Waals surface area contributed by atoms with Crippen molar-refractivity contribution in [1.82, 2.24) is 0 Å². The zero-order valence-corrected chi connectivity index (χ0v) is 12.2. The lowest BCUT2D eigenvalue weighted by Gasteiger charge is -2.24. The molecular formula is C10H9Br2NO2S. The number of hydrogen-bond acceptors (Lipinski definition) is 4. The van der Waals surface area contributed by atoms with E-state index in [2.05, 4.69) is 37.9 Å². The fourth-order valence-corrected chi connectivity index (χ4v) is 3.91. The summed E-state index contributed by atoms with van der Waals surface area (Å²) in [7, 11) is 0. The summed E-state index contributed by atoms with van der Waals surface area (Å²) in [5, 5.41) is 19.5. The molecule has 1 aromatic rings. The molecule has 0 spiro atoms. The summed E-state index contributed by atoms with van der Waals surface area (Å²) in [6, 6.07) is 4.05. The highest BCUT2D eigenvalue weighted by molar-refractivity contribution is 9.13. The first-order valence-corrected chi connectivity index (χ1v) is 7.11. The third kappa shape index (κ3) is 2.07. The SMILES string of the molecule is N#CC1(C(O)c2cc(Br)c(Br)s2)CCOC1. The molecule has 86 valence electrons. The molecule has 6 heteroatoms. The van der Waals surface area contributed by atoms with Gasteiger partial charge in [0, 0.05) is 16.0 Å². The van der Waals surface area contributed by atoms with Crippen LogP contribution in [0.4, 0.5) is 0 Å². The molecule has 2 heterocycles. The van der Waals surface area contributed by atoms with Crippen LogP contribution in [0.15, 0.2) is 14.3 Å². The van der Waals surface area contributed by atoms with Crippen molar-refractivity contribution in [2.75, 3.05) is 13.2 Å². The first kappa shape index (κ1) is 12.5. The van der Waals surface area contributed by atoms with Gasteiger partial charge in [0.05, 0.1) is 16.5 Å². The molecule has 2 rings (SSSR count). The second-order valence-electron chi connectivity index (χ2n) is 3.74. The van der Waals surface area contributed by atoms with Gasteiger partial charge in [-0.15, -0.1) is 11.3 Å². The summed E-state index contributed by atoms with van der Waals surface area (Å²) in [6.07, 6.45) is -0.203. The number of ether oxygens (including phenoxy) is 1. The normalized spacial score (nSPS) is 26.6. The Kier molecular flexibility index (Phi) is 3.72. The standard InChI is InChI=1S/C10H9Br2NO2S/c11-6-3-7(16-9(6)12)8(14)10(4-13)1-2-15-5-10/h3,8,14H,1-2,5H2. The lowest BCUT2D eigenvalue weighted by atomic mass is 9.82. The van der Waals surface area contributed by atoms with Crippen molar-refractivity contribution in [3.05, 3.63) is 19.2 Å². The molecule has 1 N–H and O–H groups in total. The first-order chi connectivity index (χ1) is 7.59. The first-order valence-electron chi connectivity index (χ1n) is 4.71. The lowest BCUT2D eigenvalue weighted by molar-refractivity contribution is 0.0530. The van der Waals surface area contributed by atoms with Crippen LogP contribution in [0.25, 0.3) is 0 Å². The lowest BCUT2D eigenvalue weighted by Crippen LogP contribution is -2.27. The Balaban J connectivity index is 2.30. The van der Waals surface area contributed by atoms with E-state index >= 15 is 0 Å². The van der Waals surface area contributed by atoms with Crippen LogP contribution in [0.3, 0.4) is 0 Å². The summed E-state index contributed by atoms with van der Waals surface area (Å²) in [4.78, 5) is 0.783. The number of halogens is 2. The van der Waals surface area contributed by atoms with Crippen molar-refractivity contribution in [2.45, 2.75) is 12.5 Å². The molecule has 16 heavy (non-hydrogen) atoms. The van der Waals surface area contributed by atoms with Crippen LogP contribution in [0, 0.1) is 16.7 Å². The van der Waals surface area contributed by atoms with E-state index < -0.39 is 11.5 Å². The van der Waals surface area contributed by atoms with Gasteiger partial charge in [-0.3, -0.25) is 0 Å². The second kappa shape index (κ2) is 4.75. The van der Waals surface area contributed by atoms with Gasteiger partial charge in [-0.2, -0.15) is 5.26 Å². The molecule has 0 saturated carbocycles. The predicted octanol–water partition coefficient (Wildman–Crippen LogP) is 3.24. The molecule has 2 unspecified atom stereocenters. The monoisotopic (exact) mass is 365 g/mol. The fourth-order valence-electron chi connectivity index (χ4n) is 1.72. The average Bonchev–Trinajstić information content (AvgIpc) is 2.87. The highest BCUT2D eigenvalue weighted by Crippen LogP contribution is 2.45. The van der Waals surface area contributed by atoms with Gasteiger partial charge in [-0.1, -0.05) is 0 Å². The van der Waals surface area contributed by atoms with Crippen molar-refractivity contribution < 1.29 is 9.84 Å². The Morgan fingerprint density at radius 2 is 2.38 bits per heavy atom. The highest BCUT2D eigenvalue weighted by Gasteiger charge is 2.43. The Labute approximate surface area is 114 Å². The summed E-state index contributed by atoms with van der Waals surface area (Å²) in [5.74, 6) is 0. The molecule has 1 aliphatic rings. The number of nitriles is 1. The zero-order valence-electron chi connectivity index (χ0n) is 8.24. The van der Waals surface area contributed by atoms with Gasteiger partial charge in [-0.05, 0) is 44.3 Å². The minimum atomic E-state index is -0.788. The van der Waals surface area contributed by atoms with Crippen LogP contribution >= 0.6 is 43.2 Å². The molecule has 2 atom stereocenters. The van der Waals surface area contributed by atoms with Gasteiger partial charge in [0.15, 0.2) is 0 Å². The van der Waals surface area contributed by atoms with Crippen LogP contribution in [-0.4, -0.2) is 18.3 Å². The van der Waals surface area contributed by atoms with Crippen molar-refractivity contribution in [1.29, 1.82) is 5.26 Å². The summed E-state index contributed by atoms with van der Waals surface area (Å²) in [6.45, 7) is 0.843. The molecule has 0 aliphatic carbocycles. The van der Waals surface area contributed by atoms with Crippen molar-refractivity contribution in [3.63, 3.8) is 0 Å². The quantitative estimate of drug-likeness (QED) is 0.874. The van der Waals surface area contributed by atoms with E-state index in [1.807, 2.05) is 6.07 Å². The van der Waals surface area contributed by atoms with Gasteiger partial charge in [-0.25, -0.2) is 0 Å². The van der Waals surface area contributed by atoms with Crippen LogP contribution < -0.4 is 0 Å². The highest BCUT2D eigenvalue weighted by atomic mass is 79.9. The van der Waals surface area contributed by atoms with Crippen molar-refractivity contribution >= 4 is 43.2 Å². The van der Waals surface area contributed by atoms with Gasteiger partial charge < -0.3 is 9.84 Å². The average molecular weight is 367 g/mol. The number of nitrogens with zero attached hydrogens (tertiary/aromatic N) is 1. The summed E-state index contributed by atoms with van der Waals surface area (Å²) < 4.78 is 7.06. The Morgan fingerprint density at radius 3 is 2.81 bits per heavy atom. The van der Waals surface area contributed by atoms with E-state index in [1.54, 1.807) is 0 Å². The number of aliphatic hydroxyl groups excluding tert-OH is 1. The molecule has 1 saturated heterocycles. The minimum absolute atomic E-state index is 0.303. The van der Waals surface area contributed by atoms with E-state index in [0.717, 1.165) is 13.1 Å². The zero-order chi connectivity index (χ0) is 11.8. The van der Waals surface area contributed by atoms with Gasteiger partial charge >= 0.3 is 0 Å². The molecule has 0 bridgehead atoms. The van der Waals surface area contributed by atoms with Crippen molar-refractivity contribution in [2.24, 2.45) is 5.41 Å². The maximum Gasteiger partial charge on any atom is 0.113 e. The second-order valence-corrected chi connectivity index (χ2v) is 7.00. The van der Waals surface area contributed by atoms with Gasteiger partial charge in [0.2, 0.25) is 0 Å². The van der Waals surface area contributed by atoms with Gasteiger partial charge in [0.25, 0.3) is 0 Å². The third-order valence-corrected chi connectivity index (χ3v) is 6.04. The van der Waals surface area contributed by atoms with E-state index in [4.69, 9.17) is 4.74 Å². The molecule has 1 aromatic heterocycles. The molecule has 3 nitrogen and oxygen atoms in total. The number of hydrogen-bond donors (Lipinski definition) is 1. The topological polar surface area (TPSA) is 53.2 Å². The molecule has 0 radical (unpaired) electrons. The van der Waals surface area contributed by atoms with Crippen molar-refractivity contribution in [3.8, 4) is 6.07 Å². The molecule has 1 aliphatic heterocycles. The molecular weight excluding hydrogens is 358 g/mol. The molecule has 0 amide bonds. The molecule has 0 aromatic carbocycles. The van der Waals surface area contributed by atoms with E-state index in [0.29, 0.717) is 19.6 Å². The largest absolute Gasteiger partial charge is 0.386 e. The maximum absolute atomic E-state index is 10.3. The predicted molar refractivity (Wildman–Crippen MR) is 68.2 cm³/mol. The number of thiophene rings is 1. The van der Waals surface area contributed by atoms with Crippen LogP contribution in [0.5, 0.6) is 0 Å². The van der Waals surface area contributed by atoms with Gasteiger partial charge in [0.1, 0.15) is 11.5 Å². The molecule has 1 fully saturated rings. The van der Waals surface area contributed by atoms with E-state index in [1.165, 1.54) is 11.3 Å². The number of aliphatic hydroxyl groups is 1. The van der Waals surface area contributed by atoms with Crippen LogP contribution in [0.2, 0.25) is 0 Å². The van der Waals surface area contributed by atoms with E-state index in [9.17, 15) is 10.4 Å². The van der Waals surface area contributed by atoms with E-state index in [-0.39, 0.29) is 0 Å².